The Morgan fingerprint density at radius 3 is 2.05 bits per heavy atom. The molecule has 266 valence electrons. The molecule has 8 rings (SSSR count). The molecule has 0 amide bonds. The van der Waals surface area contributed by atoms with Gasteiger partial charge in [0.15, 0.2) is 0 Å². The van der Waals surface area contributed by atoms with Crippen molar-refractivity contribution in [3.05, 3.63) is 236 Å². The lowest BCUT2D eigenvalue weighted by Crippen LogP contribution is -2.16. The molecule has 0 fully saturated rings. The maximum atomic E-state index is 4.06. The lowest BCUT2D eigenvalue weighted by molar-refractivity contribution is 0.660. The highest BCUT2D eigenvalue weighted by molar-refractivity contribution is 6.01. The second-order valence-electron chi connectivity index (χ2n) is 14.3. The van der Waals surface area contributed by atoms with Crippen LogP contribution in [0, 0.1) is 0 Å². The molecule has 0 saturated heterocycles. The van der Waals surface area contributed by atoms with E-state index >= 15 is 0 Å². The van der Waals surface area contributed by atoms with E-state index in [9.17, 15) is 0 Å². The number of fused-ring (bicyclic) bond motifs is 4. The van der Waals surface area contributed by atoms with Crippen molar-refractivity contribution in [1.29, 1.82) is 0 Å². The molecule has 0 radical (unpaired) electrons. The molecule has 6 aromatic carbocycles. The summed E-state index contributed by atoms with van der Waals surface area (Å²) in [6, 6.07) is 52.8. The van der Waals surface area contributed by atoms with Gasteiger partial charge in [0.25, 0.3) is 0 Å². The monoisotopic (exact) mass is 708 g/mol. The summed E-state index contributed by atoms with van der Waals surface area (Å²) >= 11 is 0. The van der Waals surface area contributed by atoms with Crippen LogP contribution in [-0.2, 0) is 5.41 Å². The van der Waals surface area contributed by atoms with E-state index < -0.39 is 0 Å². The molecule has 0 aliphatic heterocycles. The molecule has 1 aliphatic rings. The summed E-state index contributed by atoms with van der Waals surface area (Å²) in [5, 5.41) is 1.21. The molecule has 2 nitrogen and oxygen atoms in total. The van der Waals surface area contributed by atoms with Crippen molar-refractivity contribution in [2.45, 2.75) is 19.3 Å². The van der Waals surface area contributed by atoms with Gasteiger partial charge in [0.2, 0.25) is 0 Å². The zero-order valence-electron chi connectivity index (χ0n) is 31.4. The Bertz CT molecular complexity index is 2640. The zero-order chi connectivity index (χ0) is 37.8. The Labute approximate surface area is 325 Å². The Hall–Kier alpha value is -6.90. The first-order valence-corrected chi connectivity index (χ1v) is 18.8. The smallest absolute Gasteiger partial charge is 0.0534 e. The Kier molecular flexibility index (Phi) is 9.73. The molecule has 0 spiro atoms. The van der Waals surface area contributed by atoms with Crippen LogP contribution in [0.5, 0.6) is 0 Å². The van der Waals surface area contributed by atoms with E-state index in [1.54, 1.807) is 6.08 Å². The normalized spacial score (nSPS) is 13.5. The van der Waals surface area contributed by atoms with Crippen LogP contribution in [0.3, 0.4) is 0 Å². The number of hydrogen-bond donors (Lipinski definition) is 0. The van der Waals surface area contributed by atoms with Crippen LogP contribution < -0.4 is 4.90 Å². The predicted octanol–water partition coefficient (Wildman–Crippen LogP) is 14.3. The second kappa shape index (κ2) is 15.2. The van der Waals surface area contributed by atoms with Gasteiger partial charge in [0.05, 0.1) is 5.52 Å². The summed E-state index contributed by atoms with van der Waals surface area (Å²) in [6.45, 7) is 12.5. The van der Waals surface area contributed by atoms with Crippen LogP contribution in [0.25, 0.3) is 50.0 Å². The molecule has 1 aromatic heterocycles. The SMILES string of the molecule is C=C\C=C/C=C/C(C=C)=C/C=C/N(c1ccc(-c2cccc3c2ccn3-c2ccccc2)c(-c2ccccc2)c1)c1ccc2c(c1)C(C)(C)c1ccccc1-2. The van der Waals surface area contributed by atoms with Crippen LogP contribution in [0.2, 0.25) is 0 Å². The van der Waals surface area contributed by atoms with Crippen LogP contribution in [0.15, 0.2) is 225 Å². The van der Waals surface area contributed by atoms with E-state index in [2.05, 4.69) is 207 Å². The fourth-order valence-electron chi connectivity index (χ4n) is 7.89. The zero-order valence-corrected chi connectivity index (χ0v) is 31.4. The average molecular weight is 709 g/mol. The van der Waals surface area contributed by atoms with Crippen LogP contribution in [0.4, 0.5) is 11.4 Å². The fraction of sp³-hybridized carbons (Fsp3) is 0.0566. The van der Waals surface area contributed by atoms with Gasteiger partial charge in [-0.25, -0.2) is 0 Å². The molecule has 0 saturated carbocycles. The molecule has 0 bridgehead atoms. The van der Waals surface area contributed by atoms with Gasteiger partial charge in [0, 0.05) is 40.3 Å². The van der Waals surface area contributed by atoms with E-state index in [-0.39, 0.29) is 5.41 Å². The highest BCUT2D eigenvalue weighted by Crippen LogP contribution is 2.50. The molecule has 0 unspecified atom stereocenters. The predicted molar refractivity (Wildman–Crippen MR) is 236 cm³/mol. The molecular weight excluding hydrogens is 665 g/mol. The van der Waals surface area contributed by atoms with Crippen molar-refractivity contribution in [2.24, 2.45) is 0 Å². The number of hydrogen-bond acceptors (Lipinski definition) is 1. The van der Waals surface area contributed by atoms with Gasteiger partial charge in [-0.2, -0.15) is 0 Å². The quantitative estimate of drug-likeness (QED) is 0.121. The molecule has 0 atom stereocenters. The largest absolute Gasteiger partial charge is 0.317 e. The van der Waals surface area contributed by atoms with Crippen molar-refractivity contribution >= 4 is 22.3 Å². The summed E-state index contributed by atoms with van der Waals surface area (Å²) in [7, 11) is 0. The first kappa shape index (κ1) is 35.1. The maximum Gasteiger partial charge on any atom is 0.0534 e. The lowest BCUT2D eigenvalue weighted by Gasteiger charge is -2.26. The van der Waals surface area contributed by atoms with E-state index in [0.717, 1.165) is 22.6 Å². The van der Waals surface area contributed by atoms with Crippen LogP contribution in [-0.4, -0.2) is 4.57 Å². The minimum absolute atomic E-state index is 0.120. The third-order valence-electron chi connectivity index (χ3n) is 10.7. The highest BCUT2D eigenvalue weighted by atomic mass is 15.1. The number of nitrogens with zero attached hydrogens (tertiary/aromatic N) is 2. The lowest BCUT2D eigenvalue weighted by atomic mass is 9.82. The second-order valence-corrected chi connectivity index (χ2v) is 14.3. The number of allylic oxidation sites excluding steroid dienone is 9. The standard InChI is InChI=1S/C53H44N2/c1-5-7-8-11-20-39(6-2)21-19-35-54(43-31-33-47-46-26-16-17-28-50(46)53(3,4)51(47)38-43)42-30-32-45(49(37-42)40-22-12-9-13-23-40)44-27-18-29-52-48(44)34-36-55(52)41-24-14-10-15-25-41/h5-38H,1-2H2,3-4H3/b8-7-,20-11+,35-19+,39-21+. The van der Waals surface area contributed by atoms with E-state index in [1.807, 2.05) is 30.4 Å². The molecule has 1 aliphatic carbocycles. The van der Waals surface area contributed by atoms with E-state index in [0.29, 0.717) is 0 Å². The molecular formula is C53H44N2. The summed E-state index contributed by atoms with van der Waals surface area (Å²) in [5.41, 5.74) is 15.4. The summed E-state index contributed by atoms with van der Waals surface area (Å²) in [4.78, 5) is 2.31. The fourth-order valence-corrected chi connectivity index (χ4v) is 7.89. The molecule has 7 aromatic rings. The minimum atomic E-state index is -0.120. The summed E-state index contributed by atoms with van der Waals surface area (Å²) in [6.07, 6.45) is 20.1. The van der Waals surface area contributed by atoms with Crippen LogP contribution in [0.1, 0.15) is 25.0 Å². The number of para-hydroxylation sites is 1. The van der Waals surface area contributed by atoms with Gasteiger partial charge in [-0.05, 0) is 105 Å². The van der Waals surface area contributed by atoms with E-state index in [4.69, 9.17) is 0 Å². The van der Waals surface area contributed by atoms with E-state index in [1.165, 1.54) is 55.4 Å². The molecule has 55 heavy (non-hydrogen) atoms. The third kappa shape index (κ3) is 6.75. The van der Waals surface area contributed by atoms with Crippen molar-refractivity contribution in [2.75, 3.05) is 4.90 Å². The molecule has 0 N–H and O–H groups in total. The first-order chi connectivity index (χ1) is 27.0. The van der Waals surface area contributed by atoms with Crippen molar-refractivity contribution in [1.82, 2.24) is 4.57 Å². The number of anilines is 2. The number of aromatic nitrogens is 1. The Morgan fingerprint density at radius 1 is 0.582 bits per heavy atom. The summed E-state index contributed by atoms with van der Waals surface area (Å²) in [5.74, 6) is 0. The average Bonchev–Trinajstić information content (AvgIpc) is 3.77. The highest BCUT2D eigenvalue weighted by Gasteiger charge is 2.35. The van der Waals surface area contributed by atoms with Gasteiger partial charge in [-0.1, -0.05) is 167 Å². The van der Waals surface area contributed by atoms with Gasteiger partial charge in [-0.3, -0.25) is 0 Å². The van der Waals surface area contributed by atoms with Gasteiger partial charge < -0.3 is 9.47 Å². The Morgan fingerprint density at radius 2 is 1.27 bits per heavy atom. The van der Waals surface area contributed by atoms with Gasteiger partial charge in [0.1, 0.15) is 0 Å². The van der Waals surface area contributed by atoms with Crippen LogP contribution >= 0.6 is 0 Å². The molecule has 1 heterocycles. The van der Waals surface area contributed by atoms with Gasteiger partial charge >= 0.3 is 0 Å². The number of rotatable bonds is 11. The van der Waals surface area contributed by atoms with Crippen molar-refractivity contribution < 1.29 is 0 Å². The minimum Gasteiger partial charge on any atom is -0.317 e. The number of benzene rings is 6. The van der Waals surface area contributed by atoms with Crippen molar-refractivity contribution in [3.8, 4) is 39.1 Å². The summed E-state index contributed by atoms with van der Waals surface area (Å²) < 4.78 is 2.27. The first-order valence-electron chi connectivity index (χ1n) is 18.8. The van der Waals surface area contributed by atoms with Crippen molar-refractivity contribution in [3.63, 3.8) is 0 Å². The molecule has 2 heteroatoms. The third-order valence-corrected chi connectivity index (χ3v) is 10.7. The Balaban J connectivity index is 1.28. The topological polar surface area (TPSA) is 8.17 Å². The van der Waals surface area contributed by atoms with Gasteiger partial charge in [-0.15, -0.1) is 0 Å². The maximum absolute atomic E-state index is 4.06.